The summed E-state index contributed by atoms with van der Waals surface area (Å²) in [7, 11) is 1.23. The number of amides is 2. The number of carbonyl (C=O) groups excluding carboxylic acids is 3. The lowest BCUT2D eigenvalue weighted by molar-refractivity contribution is -0.153. The maximum atomic E-state index is 14.7. The summed E-state index contributed by atoms with van der Waals surface area (Å²) in [5, 5.41) is 13.8. The summed E-state index contributed by atoms with van der Waals surface area (Å²) in [6, 6.07) is 4.08. The molecule has 0 unspecified atom stereocenters. The summed E-state index contributed by atoms with van der Waals surface area (Å²) in [5.74, 6) is -3.10. The van der Waals surface area contributed by atoms with Crippen LogP contribution in [0.4, 0.5) is 14.9 Å². The molecule has 2 atom stereocenters. The van der Waals surface area contributed by atoms with Gasteiger partial charge in [0.05, 0.1) is 24.8 Å². The second-order valence-corrected chi connectivity index (χ2v) is 10.7. The summed E-state index contributed by atoms with van der Waals surface area (Å²) < 4.78 is 25.1. The lowest BCUT2D eigenvalue weighted by atomic mass is 9.78. The highest BCUT2D eigenvalue weighted by molar-refractivity contribution is 5.95. The van der Waals surface area contributed by atoms with Gasteiger partial charge in [0.25, 0.3) is 0 Å². The standard InChI is InChI=1S/C25H37FN2O6/c1-24(2,3)22(31)27-19-16(9-8-10-17(19)26)20(29)18(21(30)33-7)15-11-13-28(14-12-15)23(32)34-25(4,5)6/h8-10,15,18,20,29H,11-14H2,1-7H3,(H,27,31)/t18-,20-/m1/s1. The summed E-state index contributed by atoms with van der Waals surface area (Å²) in [6.07, 6.45) is -1.00. The average molecular weight is 481 g/mol. The van der Waals surface area contributed by atoms with Crippen molar-refractivity contribution >= 4 is 23.7 Å². The molecule has 0 aromatic heterocycles. The van der Waals surface area contributed by atoms with Crippen molar-refractivity contribution in [3.8, 4) is 0 Å². The van der Waals surface area contributed by atoms with Crippen LogP contribution >= 0.6 is 0 Å². The first-order chi connectivity index (χ1) is 15.7. The number of aliphatic hydroxyl groups excluding tert-OH is 1. The number of piperidine rings is 1. The number of halogens is 1. The quantitative estimate of drug-likeness (QED) is 0.610. The number of methoxy groups -OCH3 is 1. The molecule has 0 saturated carbocycles. The van der Waals surface area contributed by atoms with E-state index in [0.717, 1.165) is 0 Å². The van der Waals surface area contributed by atoms with E-state index in [1.807, 2.05) is 0 Å². The average Bonchev–Trinajstić information content (AvgIpc) is 2.73. The first-order valence-corrected chi connectivity index (χ1v) is 11.5. The van der Waals surface area contributed by atoms with Crippen molar-refractivity contribution in [2.24, 2.45) is 17.3 Å². The van der Waals surface area contributed by atoms with Crippen molar-refractivity contribution in [2.45, 2.75) is 66.1 Å². The van der Waals surface area contributed by atoms with Crippen molar-refractivity contribution in [3.05, 3.63) is 29.6 Å². The molecular weight excluding hydrogens is 443 g/mol. The van der Waals surface area contributed by atoms with Crippen LogP contribution < -0.4 is 5.32 Å². The van der Waals surface area contributed by atoms with E-state index in [1.165, 1.54) is 25.3 Å². The molecule has 190 valence electrons. The fraction of sp³-hybridized carbons (Fsp3) is 0.640. The Balaban J connectivity index is 2.28. The van der Waals surface area contributed by atoms with E-state index in [-0.39, 0.29) is 17.2 Å². The number of nitrogens with one attached hydrogen (secondary N) is 1. The zero-order chi connectivity index (χ0) is 25.8. The van der Waals surface area contributed by atoms with Gasteiger partial charge in [0, 0.05) is 24.1 Å². The monoisotopic (exact) mass is 480 g/mol. The second kappa shape index (κ2) is 10.7. The molecule has 8 nitrogen and oxygen atoms in total. The van der Waals surface area contributed by atoms with Crippen LogP contribution in [-0.4, -0.2) is 53.8 Å². The molecule has 0 bridgehead atoms. The highest BCUT2D eigenvalue weighted by Gasteiger charge is 2.40. The van der Waals surface area contributed by atoms with E-state index in [0.29, 0.717) is 25.9 Å². The largest absolute Gasteiger partial charge is 0.469 e. The maximum absolute atomic E-state index is 14.7. The minimum absolute atomic E-state index is 0.0996. The SMILES string of the molecule is COC(=O)[C@H](C1CCN(C(=O)OC(C)(C)C)CC1)[C@H](O)c1cccc(F)c1NC(=O)C(C)(C)C. The maximum Gasteiger partial charge on any atom is 0.410 e. The van der Waals surface area contributed by atoms with Gasteiger partial charge in [-0.3, -0.25) is 9.59 Å². The van der Waals surface area contributed by atoms with Gasteiger partial charge >= 0.3 is 12.1 Å². The Labute approximate surface area is 200 Å². The molecule has 0 aliphatic carbocycles. The van der Waals surface area contributed by atoms with Crippen molar-refractivity contribution in [1.82, 2.24) is 4.90 Å². The fourth-order valence-corrected chi connectivity index (χ4v) is 3.90. The molecule has 0 spiro atoms. The zero-order valence-electron chi connectivity index (χ0n) is 21.1. The molecule has 1 saturated heterocycles. The van der Waals surface area contributed by atoms with Crippen LogP contribution in [0.25, 0.3) is 0 Å². The van der Waals surface area contributed by atoms with Crippen LogP contribution in [0.15, 0.2) is 18.2 Å². The van der Waals surface area contributed by atoms with Gasteiger partial charge in [-0.2, -0.15) is 0 Å². The van der Waals surface area contributed by atoms with Crippen LogP contribution in [0.2, 0.25) is 0 Å². The predicted molar refractivity (Wildman–Crippen MR) is 125 cm³/mol. The number of aliphatic hydroxyl groups is 1. The molecular formula is C25H37FN2O6. The third-order valence-electron chi connectivity index (χ3n) is 5.80. The van der Waals surface area contributed by atoms with Gasteiger partial charge in [-0.1, -0.05) is 32.9 Å². The first-order valence-electron chi connectivity index (χ1n) is 11.5. The number of likely N-dealkylation sites (tertiary alicyclic amines) is 1. The van der Waals surface area contributed by atoms with Crippen molar-refractivity contribution in [2.75, 3.05) is 25.5 Å². The molecule has 0 radical (unpaired) electrons. The van der Waals surface area contributed by atoms with Gasteiger partial charge in [0.1, 0.15) is 11.4 Å². The lowest BCUT2D eigenvalue weighted by Gasteiger charge is -2.37. The van der Waals surface area contributed by atoms with Crippen molar-refractivity contribution < 1.29 is 33.4 Å². The molecule has 9 heteroatoms. The molecule has 1 heterocycles. The Morgan fingerprint density at radius 2 is 1.71 bits per heavy atom. The number of benzene rings is 1. The van der Waals surface area contributed by atoms with Gasteiger partial charge < -0.3 is 24.8 Å². The Hall–Kier alpha value is -2.68. The van der Waals surface area contributed by atoms with Crippen LogP contribution in [0.3, 0.4) is 0 Å². The van der Waals surface area contributed by atoms with Gasteiger partial charge in [-0.05, 0) is 45.6 Å². The second-order valence-electron chi connectivity index (χ2n) is 10.7. The summed E-state index contributed by atoms with van der Waals surface area (Å²) in [5.41, 5.74) is -1.47. The highest BCUT2D eigenvalue weighted by atomic mass is 19.1. The molecule has 2 amide bonds. The zero-order valence-corrected chi connectivity index (χ0v) is 21.1. The van der Waals surface area contributed by atoms with Gasteiger partial charge in [0.15, 0.2) is 0 Å². The Kier molecular flexibility index (Phi) is 8.69. The third kappa shape index (κ3) is 6.91. The number of rotatable bonds is 5. The van der Waals surface area contributed by atoms with Crippen LogP contribution in [0, 0.1) is 23.1 Å². The van der Waals surface area contributed by atoms with Gasteiger partial charge in [-0.15, -0.1) is 0 Å². The number of esters is 1. The van der Waals surface area contributed by atoms with E-state index < -0.39 is 46.8 Å². The molecule has 1 aliphatic heterocycles. The highest BCUT2D eigenvalue weighted by Crippen LogP contribution is 2.39. The Bertz CT molecular complexity index is 898. The summed E-state index contributed by atoms with van der Waals surface area (Å²) in [6.45, 7) is 11.1. The molecule has 2 rings (SSSR count). The third-order valence-corrected chi connectivity index (χ3v) is 5.80. The van der Waals surface area contributed by atoms with Crippen LogP contribution in [0.1, 0.15) is 66.1 Å². The fourth-order valence-electron chi connectivity index (χ4n) is 3.90. The molecule has 1 aliphatic rings. The number of anilines is 1. The molecule has 1 fully saturated rings. The number of hydrogen-bond acceptors (Lipinski definition) is 6. The van der Waals surface area contributed by atoms with Crippen molar-refractivity contribution in [3.63, 3.8) is 0 Å². The van der Waals surface area contributed by atoms with E-state index in [9.17, 15) is 23.9 Å². The Morgan fingerprint density at radius 1 is 1.12 bits per heavy atom. The van der Waals surface area contributed by atoms with E-state index in [1.54, 1.807) is 46.4 Å². The van der Waals surface area contributed by atoms with E-state index >= 15 is 0 Å². The summed E-state index contributed by atoms with van der Waals surface area (Å²) in [4.78, 5) is 39.2. The number of hydrogen-bond donors (Lipinski definition) is 2. The normalized spacial score (nSPS) is 17.0. The minimum Gasteiger partial charge on any atom is -0.469 e. The number of para-hydroxylation sites is 1. The van der Waals surface area contributed by atoms with Crippen LogP contribution in [0.5, 0.6) is 0 Å². The van der Waals surface area contributed by atoms with Crippen LogP contribution in [-0.2, 0) is 19.1 Å². The lowest BCUT2D eigenvalue weighted by Crippen LogP contribution is -2.44. The topological polar surface area (TPSA) is 105 Å². The number of carbonyl (C=O) groups is 3. The van der Waals surface area contributed by atoms with E-state index in [2.05, 4.69) is 5.32 Å². The predicted octanol–water partition coefficient (Wildman–Crippen LogP) is 4.28. The van der Waals surface area contributed by atoms with Gasteiger partial charge in [-0.25, -0.2) is 9.18 Å². The van der Waals surface area contributed by atoms with E-state index in [4.69, 9.17) is 9.47 Å². The number of ether oxygens (including phenoxy) is 2. The van der Waals surface area contributed by atoms with Crippen molar-refractivity contribution in [1.29, 1.82) is 0 Å². The number of nitrogens with zero attached hydrogens (tertiary/aromatic N) is 1. The Morgan fingerprint density at radius 3 is 2.21 bits per heavy atom. The molecule has 1 aromatic carbocycles. The molecule has 2 N–H and O–H groups in total. The minimum atomic E-state index is -1.42. The molecule has 1 aromatic rings. The first kappa shape index (κ1) is 27.6. The van der Waals surface area contributed by atoms with Gasteiger partial charge in [0.2, 0.25) is 5.91 Å². The summed E-state index contributed by atoms with van der Waals surface area (Å²) >= 11 is 0. The smallest absolute Gasteiger partial charge is 0.410 e. The molecule has 34 heavy (non-hydrogen) atoms.